The van der Waals surface area contributed by atoms with Crippen LogP contribution in [0, 0.1) is 0 Å². The third-order valence-electron chi connectivity index (χ3n) is 4.25. The number of hydrogen-bond acceptors (Lipinski definition) is 7. The zero-order chi connectivity index (χ0) is 22.1. The second kappa shape index (κ2) is 9.19. The fourth-order valence-electron chi connectivity index (χ4n) is 2.57. The predicted molar refractivity (Wildman–Crippen MR) is 115 cm³/mol. The number of halogens is 2. The summed E-state index contributed by atoms with van der Waals surface area (Å²) in [5.41, 5.74) is 0.336. The van der Waals surface area contributed by atoms with Crippen molar-refractivity contribution in [2.75, 3.05) is 11.4 Å². The largest absolute Gasteiger partial charge is 0.456 e. The summed E-state index contributed by atoms with van der Waals surface area (Å²) >= 11 is 13.4. The topological polar surface area (TPSA) is 106 Å². The summed E-state index contributed by atoms with van der Waals surface area (Å²) in [6, 6.07) is 2.20. The van der Waals surface area contributed by atoms with E-state index in [2.05, 4.69) is 9.71 Å². The van der Waals surface area contributed by atoms with Gasteiger partial charge in [-0.15, -0.1) is 11.3 Å². The molecule has 1 N–H and O–H groups in total. The minimum absolute atomic E-state index is 0.0249. The predicted octanol–water partition coefficient (Wildman–Crippen LogP) is 3.62. The first-order chi connectivity index (χ1) is 14.1. The smallest absolute Gasteiger partial charge is 0.340 e. The molecule has 162 valence electrons. The highest BCUT2D eigenvalue weighted by Crippen LogP contribution is 2.31. The van der Waals surface area contributed by atoms with Crippen LogP contribution in [-0.2, 0) is 26.2 Å². The van der Waals surface area contributed by atoms with Crippen molar-refractivity contribution >= 4 is 61.6 Å². The van der Waals surface area contributed by atoms with Crippen molar-refractivity contribution in [1.82, 2.24) is 9.71 Å². The Hall–Kier alpha value is -1.72. The zero-order valence-electron chi connectivity index (χ0n) is 16.1. The van der Waals surface area contributed by atoms with Gasteiger partial charge in [0.25, 0.3) is 0 Å². The molecule has 2 aromatic rings. The molecule has 30 heavy (non-hydrogen) atoms. The SMILES string of the molecule is CCN(C(C)=O)c1nc(COC(=O)c2cc(S(=O)(=O)NC3CC3)c(Cl)cc2Cl)cs1. The monoisotopic (exact) mass is 491 g/mol. The van der Waals surface area contributed by atoms with Gasteiger partial charge in [-0.3, -0.25) is 9.69 Å². The summed E-state index contributed by atoms with van der Waals surface area (Å²) < 4.78 is 32.7. The number of benzene rings is 1. The van der Waals surface area contributed by atoms with Crippen molar-refractivity contribution in [3.63, 3.8) is 0 Å². The Labute approximate surface area is 188 Å². The van der Waals surface area contributed by atoms with Crippen LogP contribution in [0.1, 0.15) is 42.7 Å². The van der Waals surface area contributed by atoms with Gasteiger partial charge in [-0.05, 0) is 31.9 Å². The second-order valence-electron chi connectivity index (χ2n) is 6.62. The number of rotatable bonds is 8. The zero-order valence-corrected chi connectivity index (χ0v) is 19.3. The second-order valence-corrected chi connectivity index (χ2v) is 9.95. The molecule has 0 atom stereocenters. The van der Waals surface area contributed by atoms with Gasteiger partial charge in [0, 0.05) is 24.9 Å². The Bertz CT molecular complexity index is 1080. The molecule has 1 aliphatic rings. The van der Waals surface area contributed by atoms with Gasteiger partial charge in [-0.1, -0.05) is 23.2 Å². The lowest BCUT2D eigenvalue weighted by Gasteiger charge is -2.14. The maximum atomic E-state index is 12.5. The third-order valence-corrected chi connectivity index (χ3v) is 7.46. The summed E-state index contributed by atoms with van der Waals surface area (Å²) in [4.78, 5) is 29.7. The summed E-state index contributed by atoms with van der Waals surface area (Å²) in [5.74, 6) is -0.954. The lowest BCUT2D eigenvalue weighted by molar-refractivity contribution is -0.116. The van der Waals surface area contributed by atoms with E-state index in [1.807, 2.05) is 6.92 Å². The van der Waals surface area contributed by atoms with Crippen LogP contribution in [0.15, 0.2) is 22.4 Å². The molecule has 0 bridgehead atoms. The van der Waals surface area contributed by atoms with E-state index in [1.54, 1.807) is 5.38 Å². The lowest BCUT2D eigenvalue weighted by Crippen LogP contribution is -2.27. The number of carbonyl (C=O) groups is 2. The Morgan fingerprint density at radius 3 is 2.60 bits per heavy atom. The first kappa shape index (κ1) is 23.0. The van der Waals surface area contributed by atoms with Crippen LogP contribution in [0.2, 0.25) is 10.0 Å². The average molecular weight is 492 g/mol. The molecule has 1 aromatic carbocycles. The molecule has 1 saturated carbocycles. The summed E-state index contributed by atoms with van der Waals surface area (Å²) in [7, 11) is -3.88. The maximum absolute atomic E-state index is 12.5. The molecule has 0 radical (unpaired) electrons. The maximum Gasteiger partial charge on any atom is 0.340 e. The number of sulfonamides is 1. The molecular formula is C18H19Cl2N3O5S2. The number of aromatic nitrogens is 1. The van der Waals surface area contributed by atoms with Crippen LogP contribution in [-0.4, -0.2) is 37.9 Å². The highest BCUT2D eigenvalue weighted by molar-refractivity contribution is 7.89. The highest BCUT2D eigenvalue weighted by Gasteiger charge is 2.30. The summed E-state index contributed by atoms with van der Waals surface area (Å²) in [6.07, 6.45) is 1.52. The number of carbonyl (C=O) groups excluding carboxylic acids is 2. The molecule has 1 heterocycles. The summed E-state index contributed by atoms with van der Waals surface area (Å²) in [6.45, 7) is 3.58. The lowest BCUT2D eigenvalue weighted by atomic mass is 10.2. The van der Waals surface area contributed by atoms with Gasteiger partial charge in [0.2, 0.25) is 15.9 Å². The van der Waals surface area contributed by atoms with Crippen molar-refractivity contribution in [3.05, 3.63) is 38.8 Å². The van der Waals surface area contributed by atoms with Gasteiger partial charge in [0.1, 0.15) is 11.5 Å². The van der Waals surface area contributed by atoms with Crippen molar-refractivity contribution in [2.24, 2.45) is 0 Å². The van der Waals surface area contributed by atoms with Gasteiger partial charge in [-0.2, -0.15) is 0 Å². The fourth-order valence-corrected chi connectivity index (χ4v) is 5.64. The third kappa shape index (κ3) is 5.30. The van der Waals surface area contributed by atoms with Crippen LogP contribution in [0.5, 0.6) is 0 Å². The number of nitrogens with one attached hydrogen (secondary N) is 1. The molecule has 0 saturated heterocycles. The number of hydrogen-bond donors (Lipinski definition) is 1. The number of amides is 1. The Morgan fingerprint density at radius 2 is 2.00 bits per heavy atom. The van der Waals surface area contributed by atoms with Gasteiger partial charge >= 0.3 is 5.97 Å². The van der Waals surface area contributed by atoms with Crippen LogP contribution in [0.4, 0.5) is 5.13 Å². The van der Waals surface area contributed by atoms with Crippen LogP contribution in [0.3, 0.4) is 0 Å². The molecule has 0 unspecified atom stereocenters. The molecule has 1 fully saturated rings. The number of esters is 1. The van der Waals surface area contributed by atoms with E-state index >= 15 is 0 Å². The van der Waals surface area contributed by atoms with Crippen molar-refractivity contribution in [3.8, 4) is 0 Å². The molecular weight excluding hydrogens is 473 g/mol. The molecule has 0 aliphatic heterocycles. The molecule has 1 aromatic heterocycles. The normalized spacial score (nSPS) is 13.9. The van der Waals surface area contributed by atoms with Crippen LogP contribution < -0.4 is 9.62 Å². The van der Waals surface area contributed by atoms with Gasteiger partial charge in [0.05, 0.1) is 21.3 Å². The van der Waals surface area contributed by atoms with E-state index in [1.165, 1.54) is 29.2 Å². The van der Waals surface area contributed by atoms with E-state index in [0.29, 0.717) is 17.4 Å². The van der Waals surface area contributed by atoms with E-state index in [-0.39, 0.29) is 39.1 Å². The molecule has 8 nitrogen and oxygen atoms in total. The van der Waals surface area contributed by atoms with Gasteiger partial charge < -0.3 is 4.74 Å². The van der Waals surface area contributed by atoms with Crippen molar-refractivity contribution < 1.29 is 22.7 Å². The quantitative estimate of drug-likeness (QED) is 0.565. The molecule has 1 amide bonds. The number of thiazole rings is 1. The van der Waals surface area contributed by atoms with Crippen molar-refractivity contribution in [1.29, 1.82) is 0 Å². The van der Waals surface area contributed by atoms with Crippen LogP contribution >= 0.6 is 34.5 Å². The number of ether oxygens (including phenoxy) is 1. The fraction of sp³-hybridized carbons (Fsp3) is 0.389. The van der Waals surface area contributed by atoms with Gasteiger partial charge in [0.15, 0.2) is 5.13 Å². The standard InChI is InChI=1S/C18H19Cl2N3O5S2/c1-3-23(10(2)24)18-21-12(9-29-18)8-28-17(25)13-6-16(15(20)7-14(13)19)30(26,27)22-11-4-5-11/h6-7,9,11,22H,3-5,8H2,1-2H3. The van der Waals surface area contributed by atoms with Gasteiger partial charge in [-0.25, -0.2) is 22.9 Å². The minimum Gasteiger partial charge on any atom is -0.456 e. The number of anilines is 1. The first-order valence-corrected chi connectivity index (χ1v) is 12.1. The van der Waals surface area contributed by atoms with Crippen LogP contribution in [0.25, 0.3) is 0 Å². The van der Waals surface area contributed by atoms with E-state index in [4.69, 9.17) is 27.9 Å². The molecule has 0 spiro atoms. The minimum atomic E-state index is -3.88. The Balaban J connectivity index is 1.75. The van der Waals surface area contributed by atoms with E-state index in [9.17, 15) is 18.0 Å². The Morgan fingerprint density at radius 1 is 1.30 bits per heavy atom. The Kier molecular flexibility index (Phi) is 7.03. The first-order valence-electron chi connectivity index (χ1n) is 9.03. The number of nitrogens with zero attached hydrogens (tertiary/aromatic N) is 2. The molecule has 3 rings (SSSR count). The van der Waals surface area contributed by atoms with E-state index in [0.717, 1.165) is 18.9 Å². The summed E-state index contributed by atoms with van der Waals surface area (Å²) in [5, 5.41) is 2.06. The van der Waals surface area contributed by atoms with Crippen molar-refractivity contribution in [2.45, 2.75) is 44.2 Å². The highest BCUT2D eigenvalue weighted by atomic mass is 35.5. The molecule has 1 aliphatic carbocycles. The van der Waals surface area contributed by atoms with E-state index < -0.39 is 16.0 Å². The molecule has 12 heteroatoms. The average Bonchev–Trinajstić information content (AvgIpc) is 3.34.